The van der Waals surface area contributed by atoms with Gasteiger partial charge in [-0.3, -0.25) is 0 Å². The molecule has 0 aromatic rings. The van der Waals surface area contributed by atoms with E-state index in [-0.39, 0.29) is 0 Å². The summed E-state index contributed by atoms with van der Waals surface area (Å²) in [5.41, 5.74) is 0. The zero-order chi connectivity index (χ0) is 6.95. The van der Waals surface area contributed by atoms with Crippen LogP contribution in [0.15, 0.2) is 0 Å². The summed E-state index contributed by atoms with van der Waals surface area (Å²) in [5.74, 6) is 2.32. The van der Waals surface area contributed by atoms with Crippen LogP contribution in [0, 0.1) is 19.0 Å². The molecule has 0 atom stereocenters. The van der Waals surface area contributed by atoms with Crippen LogP contribution in [-0.2, 0) is 4.74 Å². The van der Waals surface area contributed by atoms with E-state index >= 15 is 0 Å². The molecular weight excluding hydrogens is 112 g/mol. The predicted molar refractivity (Wildman–Crippen MR) is 36.9 cm³/mol. The molecule has 1 nitrogen and oxygen atoms in total. The Bertz CT molecular complexity index is 81.1. The van der Waals surface area contributed by atoms with Crippen molar-refractivity contribution in [2.24, 2.45) is 0 Å². The smallest absolute Gasteiger partial charge is 0.0836 e. The van der Waals surface area contributed by atoms with E-state index in [9.17, 15) is 0 Å². The third-order valence-corrected chi connectivity index (χ3v) is 0.908. The highest BCUT2D eigenvalue weighted by atomic mass is 16.5. The Morgan fingerprint density at radius 2 is 2.44 bits per heavy atom. The molecule has 1 heteroatoms. The fraction of sp³-hybridized carbons (Fsp3) is 0.625. The van der Waals surface area contributed by atoms with E-state index in [0.717, 1.165) is 25.9 Å². The first-order valence-corrected chi connectivity index (χ1v) is 3.24. The van der Waals surface area contributed by atoms with Crippen LogP contribution in [0.5, 0.6) is 0 Å². The molecule has 0 rings (SSSR count). The molecule has 0 amide bonds. The van der Waals surface area contributed by atoms with Crippen LogP contribution in [0.1, 0.15) is 26.2 Å². The second kappa shape index (κ2) is 7.52. The summed E-state index contributed by atoms with van der Waals surface area (Å²) in [4.78, 5) is 0. The Hall–Kier alpha value is -0.480. The Labute approximate surface area is 57.4 Å². The highest BCUT2D eigenvalue weighted by Crippen LogP contribution is 1.97. The van der Waals surface area contributed by atoms with Crippen LogP contribution >= 0.6 is 0 Å². The molecule has 0 aromatic carbocycles. The Kier molecular flexibility index (Phi) is 7.12. The zero-order valence-corrected chi connectivity index (χ0v) is 5.81. The third kappa shape index (κ3) is 7.52. The normalized spacial score (nSPS) is 8.89. The molecule has 0 aliphatic rings. The van der Waals surface area contributed by atoms with Gasteiger partial charge in [0, 0.05) is 13.0 Å². The molecule has 9 heavy (non-hydrogen) atoms. The zero-order valence-electron chi connectivity index (χ0n) is 5.81. The number of unbranched alkanes of at least 4 members (excludes halogenated alkanes) is 2. The van der Waals surface area contributed by atoms with Gasteiger partial charge in [-0.15, -0.1) is 0 Å². The van der Waals surface area contributed by atoms with Crippen molar-refractivity contribution in [3.8, 4) is 5.92 Å². The lowest BCUT2D eigenvalue weighted by atomic mass is 10.2. The van der Waals surface area contributed by atoms with Gasteiger partial charge >= 0.3 is 0 Å². The third-order valence-electron chi connectivity index (χ3n) is 0.908. The van der Waals surface area contributed by atoms with Gasteiger partial charge in [-0.25, -0.2) is 0 Å². The van der Waals surface area contributed by atoms with Gasteiger partial charge in [0.15, 0.2) is 0 Å². The van der Waals surface area contributed by atoms with E-state index in [1.54, 1.807) is 6.61 Å². The van der Waals surface area contributed by atoms with Gasteiger partial charge in [-0.1, -0.05) is 5.92 Å². The second-order valence-corrected chi connectivity index (χ2v) is 1.69. The molecule has 0 heterocycles. The number of hydrogen-bond donors (Lipinski definition) is 0. The van der Waals surface area contributed by atoms with E-state index in [2.05, 4.69) is 5.92 Å². The number of hydrogen-bond acceptors (Lipinski definition) is 1. The molecule has 0 aliphatic carbocycles. The number of rotatable bonds is 5. The van der Waals surface area contributed by atoms with Crippen molar-refractivity contribution in [1.82, 2.24) is 0 Å². The van der Waals surface area contributed by atoms with Crippen molar-refractivity contribution in [2.45, 2.75) is 26.2 Å². The first-order valence-electron chi connectivity index (χ1n) is 3.24. The molecular formula is C8H12O. The summed E-state index contributed by atoms with van der Waals surface area (Å²) in [6.45, 7) is 4.49. The fourth-order valence-corrected chi connectivity index (χ4v) is 0.475. The first-order chi connectivity index (χ1) is 4.41. The summed E-state index contributed by atoms with van der Waals surface area (Å²) in [7, 11) is 0. The Morgan fingerprint density at radius 1 is 1.67 bits per heavy atom. The standard InChI is InChI=1S/C8H12O/c1-3-5-6-7-8-9-4-2/h8H,4-7H2,2H3. The van der Waals surface area contributed by atoms with Gasteiger partial charge < -0.3 is 4.74 Å². The maximum absolute atomic E-state index is 6.58. The highest BCUT2D eigenvalue weighted by Gasteiger charge is 1.85. The van der Waals surface area contributed by atoms with Crippen molar-refractivity contribution < 1.29 is 4.74 Å². The maximum Gasteiger partial charge on any atom is 0.0836 e. The van der Waals surface area contributed by atoms with E-state index in [0.29, 0.717) is 0 Å². The van der Waals surface area contributed by atoms with Gasteiger partial charge in [0.2, 0.25) is 0 Å². The van der Waals surface area contributed by atoms with Gasteiger partial charge in [-0.2, -0.15) is 0 Å². The maximum atomic E-state index is 6.58. The molecule has 0 spiro atoms. The van der Waals surface area contributed by atoms with Crippen molar-refractivity contribution in [1.29, 1.82) is 0 Å². The summed E-state index contributed by atoms with van der Waals surface area (Å²) in [5, 5.41) is 0. The van der Waals surface area contributed by atoms with Crippen LogP contribution in [0.25, 0.3) is 0 Å². The van der Waals surface area contributed by atoms with Crippen LogP contribution < -0.4 is 0 Å². The molecule has 50 valence electrons. The lowest BCUT2D eigenvalue weighted by Crippen LogP contribution is -1.85. The Balaban J connectivity index is 2.69. The molecule has 0 aliphatic heterocycles. The minimum atomic E-state index is 0.740. The first kappa shape index (κ1) is 8.52. The quantitative estimate of drug-likeness (QED) is 0.402. The van der Waals surface area contributed by atoms with Crippen LogP contribution in [0.3, 0.4) is 0 Å². The van der Waals surface area contributed by atoms with Crippen molar-refractivity contribution >= 4 is 0 Å². The van der Waals surface area contributed by atoms with Gasteiger partial charge in [-0.05, 0) is 26.2 Å². The largest absolute Gasteiger partial charge is 0.376 e. The van der Waals surface area contributed by atoms with Crippen molar-refractivity contribution in [3.05, 3.63) is 13.0 Å². The predicted octanol–water partition coefficient (Wildman–Crippen LogP) is 1.94. The van der Waals surface area contributed by atoms with E-state index < -0.39 is 0 Å². The Morgan fingerprint density at radius 3 is 3.00 bits per heavy atom. The molecule has 0 N–H and O–H groups in total. The molecule has 0 aromatic heterocycles. The lowest BCUT2D eigenvalue weighted by Gasteiger charge is -1.95. The summed E-state index contributed by atoms with van der Waals surface area (Å²) >= 11 is 0. The minimum Gasteiger partial charge on any atom is -0.376 e. The van der Waals surface area contributed by atoms with Crippen LogP contribution in [0.4, 0.5) is 0 Å². The lowest BCUT2D eigenvalue weighted by molar-refractivity contribution is 0.206. The van der Waals surface area contributed by atoms with E-state index in [1.165, 1.54) is 0 Å². The average Bonchev–Trinajstić information content (AvgIpc) is 1.89. The highest BCUT2D eigenvalue weighted by molar-refractivity contribution is 4.75. The van der Waals surface area contributed by atoms with Crippen LogP contribution in [-0.4, -0.2) is 6.61 Å². The van der Waals surface area contributed by atoms with Crippen molar-refractivity contribution in [2.75, 3.05) is 6.61 Å². The SMILES string of the molecule is [C]#CCCC[CH]OCC. The molecule has 0 unspecified atom stereocenters. The van der Waals surface area contributed by atoms with Gasteiger partial charge in [0.05, 0.1) is 6.61 Å². The second-order valence-electron chi connectivity index (χ2n) is 1.69. The average molecular weight is 124 g/mol. The van der Waals surface area contributed by atoms with Crippen LogP contribution in [0.2, 0.25) is 0 Å². The van der Waals surface area contributed by atoms with Gasteiger partial charge in [0.25, 0.3) is 0 Å². The van der Waals surface area contributed by atoms with Gasteiger partial charge in [0.1, 0.15) is 0 Å². The monoisotopic (exact) mass is 124 g/mol. The molecule has 0 saturated heterocycles. The van der Waals surface area contributed by atoms with E-state index in [4.69, 9.17) is 11.2 Å². The van der Waals surface area contributed by atoms with E-state index in [1.807, 2.05) is 6.92 Å². The minimum absolute atomic E-state index is 0.740. The summed E-state index contributed by atoms with van der Waals surface area (Å²) < 4.78 is 4.97. The van der Waals surface area contributed by atoms with Crippen molar-refractivity contribution in [3.63, 3.8) is 0 Å². The number of ether oxygens (including phenoxy) is 1. The molecule has 0 saturated carbocycles. The topological polar surface area (TPSA) is 9.23 Å². The molecule has 2 radical (unpaired) electrons. The molecule has 0 bridgehead atoms. The summed E-state index contributed by atoms with van der Waals surface area (Å²) in [6.07, 6.45) is 9.22. The summed E-state index contributed by atoms with van der Waals surface area (Å²) in [6, 6.07) is 0. The fourth-order valence-electron chi connectivity index (χ4n) is 0.475. The molecule has 0 fully saturated rings.